The predicted molar refractivity (Wildman–Crippen MR) is 528 cm³/mol. The normalized spacial score (nSPS) is 11.8. The zero-order valence-electron chi connectivity index (χ0n) is 67.8. The second-order valence-electron chi connectivity index (χ2n) is 32.2. The van der Waals surface area contributed by atoms with Crippen LogP contribution >= 0.6 is 22.7 Å². The Morgan fingerprint density at radius 1 is 0.159 bits per heavy atom. The van der Waals surface area contributed by atoms with E-state index in [1.165, 1.54) is 128 Å². The lowest BCUT2D eigenvalue weighted by molar-refractivity contribution is 1.07. The topological polar surface area (TPSA) is 84.2 Å². The summed E-state index contributed by atoms with van der Waals surface area (Å²) in [5.74, 6) is 2.62. The summed E-state index contributed by atoms with van der Waals surface area (Å²) in [6.45, 7) is 0. The first-order valence-corrected chi connectivity index (χ1v) is 44.1. The Labute approximate surface area is 731 Å². The second-order valence-corrected chi connectivity index (χ2v) is 34.3. The SMILES string of the molecule is c1ccc(-c2cc(-c3ccccc3)nc(-c3cccc(-c4cc(-n5c6ccccc6c6cc7c8ccccc8n(-c8ccccc8)c7cc65)cc5c4sc4ccccc45)c3)n2)cc1.c1ccc(-c2nc(-c3ccccc3)nc(-c3cccc(-c4cc(-n5c6ccccc6c6cc7c8ccccc8n(-c8ccccc8)c7cc65)cc5c4sc4ccccc45)c3)n2)cc1. The average molecular weight is 1640 g/mol. The monoisotopic (exact) mass is 1640 g/mol. The van der Waals surface area contributed by atoms with Crippen LogP contribution in [0.4, 0.5) is 0 Å². The number of rotatable bonds is 12. The lowest BCUT2D eigenvalue weighted by Gasteiger charge is -2.14. The highest BCUT2D eigenvalue weighted by molar-refractivity contribution is 7.26. The van der Waals surface area contributed by atoms with Gasteiger partial charge in [0.15, 0.2) is 23.3 Å². The van der Waals surface area contributed by atoms with Gasteiger partial charge in [0, 0.05) is 151 Å². The van der Waals surface area contributed by atoms with E-state index in [0.29, 0.717) is 23.3 Å². The molecule has 18 aromatic carbocycles. The third-order valence-corrected chi connectivity index (χ3v) is 27.3. The first-order valence-electron chi connectivity index (χ1n) is 42.5. The minimum atomic E-state index is 0.633. The Morgan fingerprint density at radius 3 is 0.802 bits per heavy atom. The minimum absolute atomic E-state index is 0.633. The van der Waals surface area contributed by atoms with Crippen LogP contribution in [-0.2, 0) is 0 Å². The van der Waals surface area contributed by atoms with Crippen molar-refractivity contribution in [1.29, 1.82) is 0 Å². The molecule has 0 spiro atoms. The molecular weight excluding hydrogens is 1570 g/mol. The van der Waals surface area contributed by atoms with E-state index < -0.39 is 0 Å². The zero-order valence-corrected chi connectivity index (χ0v) is 69.5. The molecule has 588 valence electrons. The standard InChI is InChI=1S/C58H36N4S.C57H35N5S/c1-4-17-37(18-5-1)50-35-51(38-19-6-2-7-20-38)60-58(59-50)40-22-16-21-39(31-40)46-32-42(33-49-45-27-12-15-30-56(45)63-57(46)49)62-53-29-14-11-26-44(53)48-34-47-43-25-10-13-28-52(43)61(54(47)36-55(48)62)41-23-8-3-9-24-41;1-4-17-36(18-5-1)55-58-56(37-19-6-2-7-20-37)60-57(59-55)39-22-16-21-38(31-39)45-32-41(33-48-44-27-12-15-30-53(44)63-54(45)48)62-50-29-14-11-26-43(50)47-34-46-42-25-10-13-28-49(42)61(51(46)35-52(47)62)40-23-8-3-9-24-40/h1-36H;1-35H. The molecule has 9 nitrogen and oxygen atoms in total. The second kappa shape index (κ2) is 29.8. The van der Waals surface area contributed by atoms with Gasteiger partial charge in [-0.1, -0.05) is 303 Å². The molecule has 0 N–H and O–H groups in total. The van der Waals surface area contributed by atoms with Crippen molar-refractivity contribution >= 4 is 150 Å². The van der Waals surface area contributed by atoms with Crippen molar-refractivity contribution < 1.29 is 0 Å². The molecule has 0 bridgehead atoms. The number of nitrogens with zero attached hydrogens (tertiary/aromatic N) is 9. The van der Waals surface area contributed by atoms with Crippen molar-refractivity contribution in [3.8, 4) is 113 Å². The summed E-state index contributed by atoms with van der Waals surface area (Å²) >= 11 is 3.70. The van der Waals surface area contributed by atoms with Crippen molar-refractivity contribution in [2.75, 3.05) is 0 Å². The molecule has 0 amide bonds. The number of hydrogen-bond acceptors (Lipinski definition) is 7. The van der Waals surface area contributed by atoms with Crippen LogP contribution in [0.15, 0.2) is 431 Å². The fourth-order valence-electron chi connectivity index (χ4n) is 19.1. The number of aromatic nitrogens is 9. The van der Waals surface area contributed by atoms with Gasteiger partial charge in [-0.3, -0.25) is 0 Å². The summed E-state index contributed by atoms with van der Waals surface area (Å²) in [5, 5.41) is 14.9. The molecular formula is C115H71N9S2. The molecule has 126 heavy (non-hydrogen) atoms. The third-order valence-electron chi connectivity index (χ3n) is 24.8. The molecule has 0 unspecified atom stereocenters. The molecule has 8 aromatic heterocycles. The molecule has 0 aliphatic carbocycles. The van der Waals surface area contributed by atoms with E-state index in [1.54, 1.807) is 0 Å². The van der Waals surface area contributed by atoms with E-state index in [9.17, 15) is 0 Å². The van der Waals surface area contributed by atoms with Gasteiger partial charge in [-0.25, -0.2) is 24.9 Å². The summed E-state index contributed by atoms with van der Waals surface area (Å²) < 4.78 is 14.8. The number of thiophene rings is 2. The molecule has 0 fully saturated rings. The van der Waals surface area contributed by atoms with Crippen LogP contribution in [0.3, 0.4) is 0 Å². The molecule has 0 saturated carbocycles. The summed E-state index contributed by atoms with van der Waals surface area (Å²) in [5.41, 5.74) is 26.2. The predicted octanol–water partition coefficient (Wildman–Crippen LogP) is 30.8. The molecule has 26 aromatic rings. The van der Waals surface area contributed by atoms with Crippen molar-refractivity contribution in [2.24, 2.45) is 0 Å². The summed E-state index contributed by atoms with van der Waals surface area (Å²) in [4.78, 5) is 25.6. The van der Waals surface area contributed by atoms with Crippen LogP contribution in [-0.4, -0.2) is 43.2 Å². The Balaban J connectivity index is 0.000000137. The van der Waals surface area contributed by atoms with Crippen LogP contribution in [0.2, 0.25) is 0 Å². The lowest BCUT2D eigenvalue weighted by atomic mass is 9.99. The fraction of sp³-hybridized carbons (Fsp3) is 0. The van der Waals surface area contributed by atoms with Gasteiger partial charge in [0.25, 0.3) is 0 Å². The van der Waals surface area contributed by atoms with Gasteiger partial charge in [-0.2, -0.15) is 0 Å². The van der Waals surface area contributed by atoms with E-state index in [0.717, 1.165) is 89.7 Å². The maximum Gasteiger partial charge on any atom is 0.164 e. The number of hydrogen-bond donors (Lipinski definition) is 0. The lowest BCUT2D eigenvalue weighted by Crippen LogP contribution is -2.00. The van der Waals surface area contributed by atoms with E-state index in [4.69, 9.17) is 24.9 Å². The van der Waals surface area contributed by atoms with Crippen molar-refractivity contribution in [1.82, 2.24) is 43.2 Å². The van der Waals surface area contributed by atoms with E-state index in [1.807, 2.05) is 71.2 Å². The van der Waals surface area contributed by atoms with Crippen molar-refractivity contribution in [3.63, 3.8) is 0 Å². The third kappa shape index (κ3) is 12.1. The summed E-state index contributed by atoms with van der Waals surface area (Å²) in [7, 11) is 0. The van der Waals surface area contributed by atoms with Crippen molar-refractivity contribution in [3.05, 3.63) is 431 Å². The minimum Gasteiger partial charge on any atom is -0.309 e. The van der Waals surface area contributed by atoms with Gasteiger partial charge < -0.3 is 18.3 Å². The van der Waals surface area contributed by atoms with E-state index in [-0.39, 0.29) is 0 Å². The molecule has 0 radical (unpaired) electrons. The highest BCUT2D eigenvalue weighted by Gasteiger charge is 2.26. The molecule has 0 aliphatic heterocycles. The molecule has 11 heteroatoms. The van der Waals surface area contributed by atoms with Gasteiger partial charge in [0.2, 0.25) is 0 Å². The number of benzene rings is 18. The fourth-order valence-corrected chi connectivity index (χ4v) is 21.6. The summed E-state index contributed by atoms with van der Waals surface area (Å²) in [6, 6.07) is 154. The van der Waals surface area contributed by atoms with Gasteiger partial charge in [-0.15, -0.1) is 22.7 Å². The Kier molecular flexibility index (Phi) is 17.1. The Morgan fingerprint density at radius 2 is 0.437 bits per heavy atom. The maximum absolute atomic E-state index is 5.21. The molecule has 8 heterocycles. The molecule has 0 saturated heterocycles. The molecule has 26 rings (SSSR count). The van der Waals surface area contributed by atoms with Crippen LogP contribution < -0.4 is 0 Å². The quantitative estimate of drug-likeness (QED) is 0.122. The van der Waals surface area contributed by atoms with Gasteiger partial charge in [0.1, 0.15) is 0 Å². The number of fused-ring (bicyclic) bond motifs is 18. The Bertz CT molecular complexity index is 8200. The van der Waals surface area contributed by atoms with Crippen LogP contribution in [0, 0.1) is 0 Å². The zero-order chi connectivity index (χ0) is 82.9. The molecule has 0 atom stereocenters. The highest BCUT2D eigenvalue weighted by atomic mass is 32.1. The Hall–Kier alpha value is -16.3. The molecule has 0 aliphatic rings. The maximum atomic E-state index is 5.21. The van der Waals surface area contributed by atoms with Crippen molar-refractivity contribution in [2.45, 2.75) is 0 Å². The first-order chi connectivity index (χ1) is 62.5. The van der Waals surface area contributed by atoms with Gasteiger partial charge >= 0.3 is 0 Å². The van der Waals surface area contributed by atoms with Crippen LogP contribution in [0.5, 0.6) is 0 Å². The van der Waals surface area contributed by atoms with Crippen LogP contribution in [0.25, 0.3) is 241 Å². The van der Waals surface area contributed by atoms with Gasteiger partial charge in [-0.05, 0) is 139 Å². The summed E-state index contributed by atoms with van der Waals surface area (Å²) in [6.07, 6.45) is 0. The van der Waals surface area contributed by atoms with Gasteiger partial charge in [0.05, 0.1) is 55.5 Å². The first kappa shape index (κ1) is 72.5. The van der Waals surface area contributed by atoms with E-state index in [2.05, 4.69) is 400 Å². The number of para-hydroxylation sites is 6. The van der Waals surface area contributed by atoms with Crippen LogP contribution in [0.1, 0.15) is 0 Å². The average Bonchev–Trinajstić information content (AvgIpc) is 1.55. The smallest absolute Gasteiger partial charge is 0.164 e. The van der Waals surface area contributed by atoms with E-state index >= 15 is 0 Å². The largest absolute Gasteiger partial charge is 0.309 e. The highest BCUT2D eigenvalue weighted by Crippen LogP contribution is 2.49.